The van der Waals surface area contributed by atoms with Gasteiger partial charge < -0.3 is 10.6 Å². The first kappa shape index (κ1) is 24.6. The fourth-order valence-corrected chi connectivity index (χ4v) is 2.68. The van der Waals surface area contributed by atoms with Crippen LogP contribution in [0.15, 0.2) is 76.7 Å². The SMILES string of the molecule is CN=C(/N=C(C)/C=C\C=C(/C)c1cccc(C(F)(F)F)c1)Nc1ccc(NC(C)=O)cc1. The number of benzene rings is 2. The van der Waals surface area contributed by atoms with Crippen LogP contribution in [0.4, 0.5) is 24.5 Å². The highest BCUT2D eigenvalue weighted by atomic mass is 19.4. The smallest absolute Gasteiger partial charge is 0.326 e. The van der Waals surface area contributed by atoms with Crippen LogP contribution in [0.5, 0.6) is 0 Å². The average Bonchev–Trinajstić information content (AvgIpc) is 2.73. The molecule has 0 heterocycles. The highest BCUT2D eigenvalue weighted by Gasteiger charge is 2.30. The van der Waals surface area contributed by atoms with Gasteiger partial charge in [-0.25, -0.2) is 4.99 Å². The lowest BCUT2D eigenvalue weighted by Gasteiger charge is -2.08. The molecular formula is C24H25F3N4O. The normalized spacial score (nSPS) is 13.4. The van der Waals surface area contributed by atoms with Crippen LogP contribution < -0.4 is 10.6 Å². The minimum absolute atomic E-state index is 0.147. The lowest BCUT2D eigenvalue weighted by Crippen LogP contribution is -2.11. The van der Waals surface area contributed by atoms with Gasteiger partial charge in [0.05, 0.1) is 5.56 Å². The van der Waals surface area contributed by atoms with Gasteiger partial charge in [-0.1, -0.05) is 24.3 Å². The lowest BCUT2D eigenvalue weighted by atomic mass is 10.0. The van der Waals surface area contributed by atoms with E-state index >= 15 is 0 Å². The standard InChI is InChI=1S/C24H25F3N4O/c1-16(19-9-6-10-20(15-19)24(25,26)27)7-5-8-17(2)29-23(28-4)31-22-13-11-21(12-14-22)30-18(3)32/h5-15H,1-4H3,(H,28,31)(H,30,32)/b8-5-,16-7+,29-17+. The first-order valence-corrected chi connectivity index (χ1v) is 9.78. The summed E-state index contributed by atoms with van der Waals surface area (Å²) in [6.07, 6.45) is 0.821. The quantitative estimate of drug-likeness (QED) is 0.330. The molecule has 0 aromatic heterocycles. The van der Waals surface area contributed by atoms with Crippen molar-refractivity contribution >= 4 is 34.5 Å². The van der Waals surface area contributed by atoms with Crippen LogP contribution in [0.3, 0.4) is 0 Å². The highest BCUT2D eigenvalue weighted by molar-refractivity contribution is 6.06. The maximum absolute atomic E-state index is 12.9. The summed E-state index contributed by atoms with van der Waals surface area (Å²) in [6.45, 7) is 4.98. The number of alkyl halides is 3. The molecule has 2 aromatic carbocycles. The van der Waals surface area contributed by atoms with Gasteiger partial charge in [-0.05, 0) is 67.5 Å². The number of allylic oxidation sites excluding steroid dienone is 4. The van der Waals surface area contributed by atoms with Crippen LogP contribution in [0, 0.1) is 0 Å². The molecule has 32 heavy (non-hydrogen) atoms. The van der Waals surface area contributed by atoms with Gasteiger partial charge in [-0.3, -0.25) is 9.79 Å². The molecular weight excluding hydrogens is 417 g/mol. The van der Waals surface area contributed by atoms with Crippen molar-refractivity contribution in [3.05, 3.63) is 77.9 Å². The first-order chi connectivity index (χ1) is 15.1. The van der Waals surface area contributed by atoms with E-state index in [1.807, 2.05) is 0 Å². The van der Waals surface area contributed by atoms with Crippen LogP contribution in [0.2, 0.25) is 0 Å². The molecule has 0 radical (unpaired) electrons. The van der Waals surface area contributed by atoms with Crippen molar-refractivity contribution in [3.8, 4) is 0 Å². The molecule has 0 spiro atoms. The third-order valence-electron chi connectivity index (χ3n) is 4.28. The Hall–Kier alpha value is -3.68. The van der Waals surface area contributed by atoms with Crippen molar-refractivity contribution in [2.24, 2.45) is 9.98 Å². The molecule has 0 bridgehead atoms. The molecule has 0 unspecified atom stereocenters. The lowest BCUT2D eigenvalue weighted by molar-refractivity contribution is -0.137. The Kier molecular flexibility index (Phi) is 8.52. The second-order valence-corrected chi connectivity index (χ2v) is 6.97. The Morgan fingerprint density at radius 2 is 1.59 bits per heavy atom. The van der Waals surface area contributed by atoms with E-state index in [1.165, 1.54) is 13.0 Å². The van der Waals surface area contributed by atoms with Crippen LogP contribution >= 0.6 is 0 Å². The van der Waals surface area contributed by atoms with Gasteiger partial charge in [-0.2, -0.15) is 13.2 Å². The van der Waals surface area contributed by atoms with Crippen LogP contribution in [0.25, 0.3) is 5.57 Å². The van der Waals surface area contributed by atoms with E-state index in [9.17, 15) is 18.0 Å². The average molecular weight is 442 g/mol. The van der Waals surface area contributed by atoms with Gasteiger partial charge in [0.15, 0.2) is 0 Å². The summed E-state index contributed by atoms with van der Waals surface area (Å²) in [7, 11) is 1.60. The number of carbonyl (C=O) groups is 1. The van der Waals surface area contributed by atoms with Crippen molar-refractivity contribution in [1.29, 1.82) is 0 Å². The molecule has 0 aliphatic carbocycles. The minimum Gasteiger partial charge on any atom is -0.326 e. The molecule has 1 amide bonds. The molecule has 0 aliphatic heterocycles. The molecule has 0 atom stereocenters. The van der Waals surface area contributed by atoms with Crippen molar-refractivity contribution in [2.45, 2.75) is 26.9 Å². The highest BCUT2D eigenvalue weighted by Crippen LogP contribution is 2.30. The molecule has 2 rings (SSSR count). The molecule has 0 aliphatic rings. The van der Waals surface area contributed by atoms with Crippen molar-refractivity contribution in [3.63, 3.8) is 0 Å². The fourth-order valence-electron chi connectivity index (χ4n) is 2.68. The second-order valence-electron chi connectivity index (χ2n) is 6.97. The fraction of sp³-hybridized carbons (Fsp3) is 0.208. The Labute approximate surface area is 185 Å². The van der Waals surface area contributed by atoms with Crippen molar-refractivity contribution in [1.82, 2.24) is 0 Å². The number of nitrogens with one attached hydrogen (secondary N) is 2. The van der Waals surface area contributed by atoms with E-state index in [4.69, 9.17) is 0 Å². The molecule has 0 saturated heterocycles. The predicted octanol–water partition coefficient (Wildman–Crippen LogP) is 6.18. The van der Waals surface area contributed by atoms with E-state index < -0.39 is 11.7 Å². The summed E-state index contributed by atoms with van der Waals surface area (Å²) in [4.78, 5) is 19.6. The summed E-state index contributed by atoms with van der Waals surface area (Å²) in [6, 6.07) is 12.3. The van der Waals surface area contributed by atoms with Crippen LogP contribution in [0.1, 0.15) is 31.9 Å². The minimum atomic E-state index is -4.37. The zero-order valence-electron chi connectivity index (χ0n) is 18.3. The van der Waals surface area contributed by atoms with Gasteiger partial charge in [0.1, 0.15) is 0 Å². The summed E-state index contributed by atoms with van der Waals surface area (Å²) >= 11 is 0. The van der Waals surface area contributed by atoms with Gasteiger partial charge >= 0.3 is 6.18 Å². The monoisotopic (exact) mass is 442 g/mol. The zero-order valence-corrected chi connectivity index (χ0v) is 18.3. The Morgan fingerprint density at radius 1 is 0.969 bits per heavy atom. The molecule has 2 N–H and O–H groups in total. The third-order valence-corrected chi connectivity index (χ3v) is 4.28. The summed E-state index contributed by atoms with van der Waals surface area (Å²) in [5.41, 5.74) is 2.61. The van der Waals surface area contributed by atoms with E-state index in [0.717, 1.165) is 17.8 Å². The summed E-state index contributed by atoms with van der Waals surface area (Å²) in [5.74, 6) is 0.240. The number of aliphatic imine (C=N–C) groups is 2. The van der Waals surface area contributed by atoms with Crippen LogP contribution in [-0.2, 0) is 11.0 Å². The second kappa shape index (κ2) is 11.1. The van der Waals surface area contributed by atoms with Gasteiger partial charge in [0.2, 0.25) is 11.9 Å². The third kappa shape index (κ3) is 7.86. The van der Waals surface area contributed by atoms with Gasteiger partial charge in [0, 0.05) is 31.1 Å². The summed E-state index contributed by atoms with van der Waals surface area (Å²) < 4.78 is 38.7. The zero-order chi connectivity index (χ0) is 23.7. The molecule has 168 valence electrons. The number of hydrogen-bond acceptors (Lipinski definition) is 2. The first-order valence-electron chi connectivity index (χ1n) is 9.78. The Bertz CT molecular complexity index is 1070. The van der Waals surface area contributed by atoms with Crippen molar-refractivity contribution < 1.29 is 18.0 Å². The Balaban J connectivity index is 2.05. The van der Waals surface area contributed by atoms with E-state index in [-0.39, 0.29) is 5.91 Å². The van der Waals surface area contributed by atoms with E-state index in [1.54, 1.807) is 69.5 Å². The molecule has 0 fully saturated rings. The number of guanidine groups is 1. The molecule has 8 heteroatoms. The number of rotatable bonds is 5. The molecule has 2 aromatic rings. The predicted molar refractivity (Wildman–Crippen MR) is 125 cm³/mol. The number of carbonyl (C=O) groups excluding carboxylic acids is 1. The topological polar surface area (TPSA) is 65.8 Å². The Morgan fingerprint density at radius 3 is 2.16 bits per heavy atom. The van der Waals surface area contributed by atoms with Crippen molar-refractivity contribution in [2.75, 3.05) is 17.7 Å². The molecule has 0 saturated carbocycles. The molecule has 5 nitrogen and oxygen atoms in total. The summed E-state index contributed by atoms with van der Waals surface area (Å²) in [5, 5.41) is 5.77. The number of amides is 1. The van der Waals surface area contributed by atoms with Crippen LogP contribution in [-0.4, -0.2) is 24.6 Å². The largest absolute Gasteiger partial charge is 0.416 e. The number of nitrogens with zero attached hydrogens (tertiary/aromatic N) is 2. The number of anilines is 2. The van der Waals surface area contributed by atoms with E-state index in [0.29, 0.717) is 28.5 Å². The van der Waals surface area contributed by atoms with Gasteiger partial charge in [0.25, 0.3) is 0 Å². The number of hydrogen-bond donors (Lipinski definition) is 2. The van der Waals surface area contributed by atoms with E-state index in [2.05, 4.69) is 20.6 Å². The van der Waals surface area contributed by atoms with Gasteiger partial charge in [-0.15, -0.1) is 0 Å². The maximum Gasteiger partial charge on any atom is 0.416 e. The number of halogens is 3. The maximum atomic E-state index is 12.9.